The summed E-state index contributed by atoms with van der Waals surface area (Å²) < 4.78 is 4.91. The lowest BCUT2D eigenvalue weighted by atomic mass is 10.3. The fraction of sp³-hybridized carbons (Fsp3) is 0.500. The molecular weight excluding hydrogens is 190 g/mol. The van der Waals surface area contributed by atoms with Crippen molar-refractivity contribution in [3.8, 4) is 0 Å². The molecule has 2 atom stereocenters. The molecule has 4 N–H and O–H groups in total. The number of aromatic nitrogens is 3. The van der Waals surface area contributed by atoms with Crippen LogP contribution in [-0.4, -0.2) is 39.9 Å². The van der Waals surface area contributed by atoms with Crippen LogP contribution in [0.4, 0.5) is 11.6 Å². The molecule has 0 saturated carbocycles. The number of aliphatic hydroxyl groups excluding tert-OH is 1. The van der Waals surface area contributed by atoms with E-state index in [4.69, 9.17) is 4.74 Å². The van der Waals surface area contributed by atoms with Crippen LogP contribution in [0.3, 0.4) is 0 Å². The van der Waals surface area contributed by atoms with E-state index in [-0.39, 0.29) is 5.82 Å². The lowest BCUT2D eigenvalue weighted by Crippen LogP contribution is -2.45. The zero-order chi connectivity index (χ0) is 10.1. The molecule has 1 aromatic rings. The average molecular weight is 199 g/mol. The van der Waals surface area contributed by atoms with E-state index in [0.29, 0.717) is 5.82 Å². The second-order valence-corrected chi connectivity index (χ2v) is 2.73. The third-order valence-corrected chi connectivity index (χ3v) is 1.81. The summed E-state index contributed by atoms with van der Waals surface area (Å²) in [5.74, 6) is 0.538. The van der Waals surface area contributed by atoms with Crippen LogP contribution in [0.15, 0.2) is 4.79 Å². The zero-order valence-electron chi connectivity index (χ0n) is 7.31. The van der Waals surface area contributed by atoms with Gasteiger partial charge in [0.05, 0.1) is 0 Å². The van der Waals surface area contributed by atoms with Crippen molar-refractivity contribution in [3.05, 3.63) is 10.5 Å². The summed E-state index contributed by atoms with van der Waals surface area (Å²) in [7, 11) is 1.44. The number of methoxy groups -OCH3 is 1. The van der Waals surface area contributed by atoms with Crippen LogP contribution >= 0.6 is 0 Å². The maximum atomic E-state index is 10.8. The molecule has 0 bridgehead atoms. The van der Waals surface area contributed by atoms with Gasteiger partial charge in [0.15, 0.2) is 24.1 Å². The average Bonchev–Trinajstić information content (AvgIpc) is 2.16. The molecule has 0 spiro atoms. The molecule has 2 rings (SSSR count). The number of nitrogens with one attached hydrogen (secondary N) is 3. The minimum atomic E-state index is -0.969. The van der Waals surface area contributed by atoms with Crippen molar-refractivity contribution < 1.29 is 9.84 Å². The van der Waals surface area contributed by atoms with Crippen molar-refractivity contribution >= 4 is 11.6 Å². The highest BCUT2D eigenvalue weighted by Crippen LogP contribution is 2.20. The van der Waals surface area contributed by atoms with Gasteiger partial charge in [-0.15, -0.1) is 5.10 Å². The van der Waals surface area contributed by atoms with Crippen molar-refractivity contribution in [1.29, 1.82) is 0 Å². The van der Waals surface area contributed by atoms with Gasteiger partial charge in [-0.3, -0.25) is 0 Å². The number of hydrogen-bond donors (Lipinski definition) is 4. The molecule has 1 aliphatic heterocycles. The second-order valence-electron chi connectivity index (χ2n) is 2.73. The van der Waals surface area contributed by atoms with Crippen molar-refractivity contribution in [2.24, 2.45) is 0 Å². The molecule has 1 aromatic heterocycles. The van der Waals surface area contributed by atoms with Gasteiger partial charge in [0.2, 0.25) is 0 Å². The molecule has 2 unspecified atom stereocenters. The summed E-state index contributed by atoms with van der Waals surface area (Å²) >= 11 is 0. The highest BCUT2D eigenvalue weighted by molar-refractivity contribution is 5.61. The van der Waals surface area contributed by atoms with Crippen LogP contribution in [-0.2, 0) is 4.74 Å². The molecule has 0 aliphatic carbocycles. The largest absolute Gasteiger partial charge is 0.369 e. The molecule has 0 fully saturated rings. The highest BCUT2D eigenvalue weighted by atomic mass is 16.5. The summed E-state index contributed by atoms with van der Waals surface area (Å²) in [6, 6.07) is 0. The molecule has 0 radical (unpaired) electrons. The minimum absolute atomic E-state index is 0.203. The van der Waals surface area contributed by atoms with E-state index in [1.54, 1.807) is 0 Å². The summed E-state index contributed by atoms with van der Waals surface area (Å²) in [5.41, 5.74) is -0.582. The number of anilines is 2. The fourth-order valence-corrected chi connectivity index (χ4v) is 1.15. The first-order valence-corrected chi connectivity index (χ1v) is 3.91. The lowest BCUT2D eigenvalue weighted by Gasteiger charge is -2.29. The van der Waals surface area contributed by atoms with Crippen LogP contribution in [0.2, 0.25) is 0 Å². The summed E-state index contributed by atoms with van der Waals surface area (Å²) in [5, 5.41) is 20.6. The minimum Gasteiger partial charge on any atom is -0.369 e. The summed E-state index contributed by atoms with van der Waals surface area (Å²) in [6.07, 6.45) is -1.59. The van der Waals surface area contributed by atoms with Gasteiger partial charge in [-0.25, -0.2) is 9.89 Å². The van der Waals surface area contributed by atoms with Crippen molar-refractivity contribution in [2.75, 3.05) is 17.7 Å². The van der Waals surface area contributed by atoms with E-state index in [0.717, 1.165) is 0 Å². The number of aromatic amines is 1. The molecular formula is C6H9N5O3. The van der Waals surface area contributed by atoms with Crippen LogP contribution < -0.4 is 16.3 Å². The van der Waals surface area contributed by atoms with Crippen LogP contribution in [0.5, 0.6) is 0 Å². The molecule has 0 saturated heterocycles. The Morgan fingerprint density at radius 2 is 2.21 bits per heavy atom. The number of hydrogen-bond acceptors (Lipinski definition) is 7. The van der Waals surface area contributed by atoms with Crippen LogP contribution in [0.1, 0.15) is 0 Å². The zero-order valence-corrected chi connectivity index (χ0v) is 7.31. The van der Waals surface area contributed by atoms with Gasteiger partial charge in [-0.05, 0) is 0 Å². The molecule has 8 heteroatoms. The molecule has 0 amide bonds. The van der Waals surface area contributed by atoms with E-state index >= 15 is 0 Å². The molecule has 1 aliphatic rings. The van der Waals surface area contributed by atoms with E-state index in [9.17, 15) is 9.90 Å². The van der Waals surface area contributed by atoms with Gasteiger partial charge in [0.1, 0.15) is 0 Å². The Morgan fingerprint density at radius 1 is 1.43 bits per heavy atom. The number of fused-ring (bicyclic) bond motifs is 1. The number of aliphatic hydroxyl groups is 1. The van der Waals surface area contributed by atoms with Crippen LogP contribution in [0, 0.1) is 0 Å². The fourth-order valence-electron chi connectivity index (χ4n) is 1.15. The summed E-state index contributed by atoms with van der Waals surface area (Å²) in [4.78, 5) is 14.4. The number of nitrogens with zero attached hydrogens (tertiary/aromatic N) is 2. The maximum absolute atomic E-state index is 10.8. The Labute approximate surface area is 78.3 Å². The third-order valence-electron chi connectivity index (χ3n) is 1.81. The van der Waals surface area contributed by atoms with Crippen molar-refractivity contribution in [1.82, 2.24) is 15.2 Å². The Hall–Kier alpha value is -1.67. The Bertz CT molecular complexity index is 391. The van der Waals surface area contributed by atoms with Gasteiger partial charge in [0.25, 0.3) is 0 Å². The van der Waals surface area contributed by atoms with Crippen LogP contribution in [0.25, 0.3) is 0 Å². The second kappa shape index (κ2) is 3.24. The number of H-pyrrole nitrogens is 1. The first-order valence-electron chi connectivity index (χ1n) is 3.91. The number of rotatable bonds is 1. The Balaban J connectivity index is 2.35. The van der Waals surface area contributed by atoms with Crippen molar-refractivity contribution in [2.45, 2.75) is 12.5 Å². The SMILES string of the molecule is COC1Nc2n[nH]c(=O)nc2NC1O. The first kappa shape index (κ1) is 8.91. The van der Waals surface area contributed by atoms with E-state index < -0.39 is 18.1 Å². The number of ether oxygens (including phenoxy) is 1. The Kier molecular flexibility index (Phi) is 2.06. The molecule has 14 heavy (non-hydrogen) atoms. The van der Waals surface area contributed by atoms with Gasteiger partial charge in [0, 0.05) is 7.11 Å². The van der Waals surface area contributed by atoms with Gasteiger partial charge in [-0.1, -0.05) is 0 Å². The van der Waals surface area contributed by atoms with E-state index in [1.807, 2.05) is 0 Å². The van der Waals surface area contributed by atoms with Gasteiger partial charge < -0.3 is 20.5 Å². The smallest absolute Gasteiger partial charge is 0.363 e. The topological polar surface area (TPSA) is 112 Å². The lowest BCUT2D eigenvalue weighted by molar-refractivity contribution is 0.0173. The van der Waals surface area contributed by atoms with E-state index in [2.05, 4.69) is 25.8 Å². The predicted molar refractivity (Wildman–Crippen MR) is 46.7 cm³/mol. The molecule has 2 heterocycles. The quantitative estimate of drug-likeness (QED) is 0.426. The van der Waals surface area contributed by atoms with Crippen molar-refractivity contribution in [3.63, 3.8) is 0 Å². The normalized spacial score (nSPS) is 24.7. The molecule has 8 nitrogen and oxygen atoms in total. The highest BCUT2D eigenvalue weighted by Gasteiger charge is 2.27. The third kappa shape index (κ3) is 1.40. The predicted octanol–water partition coefficient (Wildman–Crippen LogP) is -1.71. The van der Waals surface area contributed by atoms with Gasteiger partial charge >= 0.3 is 5.69 Å². The first-order chi connectivity index (χ1) is 6.70. The Morgan fingerprint density at radius 3 is 2.93 bits per heavy atom. The summed E-state index contributed by atoms with van der Waals surface area (Å²) in [6.45, 7) is 0. The van der Waals surface area contributed by atoms with Gasteiger partial charge in [-0.2, -0.15) is 4.98 Å². The van der Waals surface area contributed by atoms with E-state index in [1.165, 1.54) is 7.11 Å². The molecule has 0 aromatic carbocycles. The molecule has 76 valence electrons. The standard InChI is InChI=1S/C6H9N5O3/c1-14-5-4(12)7-2-3(8-5)10-11-6(13)9-2/h4-5,12H,1H3,(H,8,10)(H2,7,9,11,13). The maximum Gasteiger partial charge on any atom is 0.363 e. The monoisotopic (exact) mass is 199 g/mol.